The second kappa shape index (κ2) is 7.89. The second-order valence-electron chi connectivity index (χ2n) is 6.51. The lowest BCUT2D eigenvalue weighted by Gasteiger charge is -2.23. The van der Waals surface area contributed by atoms with Crippen molar-refractivity contribution in [3.63, 3.8) is 0 Å². The maximum Gasteiger partial charge on any atom is 0.247 e. The van der Waals surface area contributed by atoms with Crippen LogP contribution in [0.25, 0.3) is 6.08 Å². The number of carbonyl (C=O) groups excluding carboxylic acids is 1. The molecular weight excluding hydrogens is 376 g/mol. The van der Waals surface area contributed by atoms with Crippen molar-refractivity contribution >= 4 is 34.3 Å². The van der Waals surface area contributed by atoms with Crippen LogP contribution in [0.3, 0.4) is 0 Å². The Bertz CT molecular complexity index is 998. The van der Waals surface area contributed by atoms with E-state index < -0.39 is 0 Å². The van der Waals surface area contributed by atoms with E-state index in [0.29, 0.717) is 29.1 Å². The zero-order chi connectivity index (χ0) is 19.5. The van der Waals surface area contributed by atoms with Gasteiger partial charge in [0.1, 0.15) is 22.4 Å². The van der Waals surface area contributed by atoms with Crippen LogP contribution in [0.4, 0.5) is 10.9 Å². The van der Waals surface area contributed by atoms with Gasteiger partial charge in [-0.3, -0.25) is 4.79 Å². The lowest BCUT2D eigenvalue weighted by molar-refractivity contribution is -0.126. The van der Waals surface area contributed by atoms with Crippen molar-refractivity contribution in [2.45, 2.75) is 32.7 Å². The molecule has 1 saturated heterocycles. The highest BCUT2D eigenvalue weighted by atomic mass is 32.1. The smallest absolute Gasteiger partial charge is 0.247 e. The average Bonchev–Trinajstić information content (AvgIpc) is 3.41. The number of rotatable bonds is 5. The molecule has 9 heteroatoms. The Morgan fingerprint density at radius 1 is 1.36 bits per heavy atom. The summed E-state index contributed by atoms with van der Waals surface area (Å²) in [5.74, 6) is 1.90. The lowest BCUT2D eigenvalue weighted by Crippen LogP contribution is -2.29. The molecule has 1 fully saturated rings. The summed E-state index contributed by atoms with van der Waals surface area (Å²) < 4.78 is 5.25. The first kappa shape index (κ1) is 18.3. The molecule has 28 heavy (non-hydrogen) atoms. The molecule has 8 nitrogen and oxygen atoms in total. The van der Waals surface area contributed by atoms with Crippen LogP contribution in [0.1, 0.15) is 41.2 Å². The first-order valence-electron chi connectivity index (χ1n) is 9.03. The molecule has 1 N–H and O–H groups in total. The van der Waals surface area contributed by atoms with Gasteiger partial charge in [-0.05, 0) is 44.9 Å². The molecule has 0 spiro atoms. The fraction of sp³-hybridized carbons (Fsp3) is 0.316. The maximum absolute atomic E-state index is 12.7. The number of aromatic nitrogens is 4. The predicted octanol–water partition coefficient (Wildman–Crippen LogP) is 3.66. The Labute approximate surface area is 166 Å². The van der Waals surface area contributed by atoms with E-state index >= 15 is 0 Å². The first-order chi connectivity index (χ1) is 13.6. The van der Waals surface area contributed by atoms with Crippen molar-refractivity contribution in [2.75, 3.05) is 11.9 Å². The van der Waals surface area contributed by atoms with Gasteiger partial charge in [0, 0.05) is 18.7 Å². The molecule has 1 amide bonds. The fourth-order valence-corrected chi connectivity index (χ4v) is 3.85. The minimum absolute atomic E-state index is 0.0515. The van der Waals surface area contributed by atoms with Gasteiger partial charge in [-0.1, -0.05) is 11.3 Å². The van der Waals surface area contributed by atoms with Crippen molar-refractivity contribution < 1.29 is 9.21 Å². The van der Waals surface area contributed by atoms with Gasteiger partial charge < -0.3 is 14.6 Å². The van der Waals surface area contributed by atoms with Gasteiger partial charge in [0.25, 0.3) is 0 Å². The van der Waals surface area contributed by atoms with E-state index in [0.717, 1.165) is 23.5 Å². The van der Waals surface area contributed by atoms with Crippen molar-refractivity contribution in [1.82, 2.24) is 25.1 Å². The van der Waals surface area contributed by atoms with Crippen LogP contribution >= 0.6 is 11.3 Å². The number of hydrogen-bond donors (Lipinski definition) is 1. The molecular formula is C19H20N6O2S. The molecule has 4 rings (SSSR count). The van der Waals surface area contributed by atoms with Crippen LogP contribution in [0.2, 0.25) is 0 Å². The molecule has 144 valence electrons. The number of amides is 1. The third-order valence-electron chi connectivity index (χ3n) is 4.43. The number of aryl methyl sites for hydroxylation is 2. The summed E-state index contributed by atoms with van der Waals surface area (Å²) in [7, 11) is 0. The third kappa shape index (κ3) is 4.09. The zero-order valence-corrected chi connectivity index (χ0v) is 16.4. The highest BCUT2D eigenvalue weighted by molar-refractivity contribution is 7.15. The van der Waals surface area contributed by atoms with Gasteiger partial charge in [-0.2, -0.15) is 0 Å². The lowest BCUT2D eigenvalue weighted by atomic mass is 10.1. The molecule has 0 aromatic carbocycles. The monoisotopic (exact) mass is 396 g/mol. The summed E-state index contributed by atoms with van der Waals surface area (Å²) in [5.41, 5.74) is 0.827. The summed E-state index contributed by atoms with van der Waals surface area (Å²) in [6.07, 6.45) is 6.63. The molecule has 1 unspecified atom stereocenters. The van der Waals surface area contributed by atoms with E-state index in [1.54, 1.807) is 24.5 Å². The molecule has 1 atom stereocenters. The topological polar surface area (TPSA) is 97.0 Å². The van der Waals surface area contributed by atoms with E-state index in [2.05, 4.69) is 25.5 Å². The van der Waals surface area contributed by atoms with Gasteiger partial charge >= 0.3 is 0 Å². The Balaban J connectivity index is 1.54. The van der Waals surface area contributed by atoms with Gasteiger partial charge in [0.15, 0.2) is 0 Å². The highest BCUT2D eigenvalue weighted by Crippen LogP contribution is 2.32. The minimum atomic E-state index is -0.0767. The van der Waals surface area contributed by atoms with Crippen LogP contribution < -0.4 is 5.32 Å². The van der Waals surface area contributed by atoms with Gasteiger partial charge in [0.2, 0.25) is 11.0 Å². The second-order valence-corrected chi connectivity index (χ2v) is 7.70. The quantitative estimate of drug-likeness (QED) is 0.657. The van der Waals surface area contributed by atoms with Gasteiger partial charge in [-0.25, -0.2) is 9.97 Å². The van der Waals surface area contributed by atoms with Crippen LogP contribution in [-0.2, 0) is 4.79 Å². The highest BCUT2D eigenvalue weighted by Gasteiger charge is 2.30. The number of likely N-dealkylation sites (tertiary alicyclic amines) is 1. The van der Waals surface area contributed by atoms with E-state index in [9.17, 15) is 4.79 Å². The predicted molar refractivity (Wildman–Crippen MR) is 106 cm³/mol. The number of furan rings is 1. The molecule has 3 aromatic rings. The molecule has 0 aliphatic carbocycles. The fourth-order valence-electron chi connectivity index (χ4n) is 3.26. The molecule has 0 bridgehead atoms. The molecule has 1 aliphatic rings. The van der Waals surface area contributed by atoms with Crippen LogP contribution in [-0.4, -0.2) is 37.5 Å². The third-order valence-corrected chi connectivity index (χ3v) is 5.18. The first-order valence-corrected chi connectivity index (χ1v) is 9.85. The Morgan fingerprint density at radius 2 is 2.25 bits per heavy atom. The van der Waals surface area contributed by atoms with E-state index in [4.69, 9.17) is 4.42 Å². The number of anilines is 2. The Hall–Kier alpha value is -3.07. The van der Waals surface area contributed by atoms with Crippen molar-refractivity contribution in [3.8, 4) is 0 Å². The molecule has 1 aliphatic heterocycles. The SMILES string of the molecule is Cc1nc(Nc2nnc(C)s2)cc(C2CCCN2C(=O)/C=C/c2ccco2)n1. The molecule has 3 aromatic heterocycles. The van der Waals surface area contributed by atoms with Gasteiger partial charge in [0.05, 0.1) is 18.0 Å². The summed E-state index contributed by atoms with van der Waals surface area (Å²) >= 11 is 1.46. The number of nitrogens with zero attached hydrogens (tertiary/aromatic N) is 5. The average molecular weight is 396 g/mol. The maximum atomic E-state index is 12.7. The molecule has 0 saturated carbocycles. The summed E-state index contributed by atoms with van der Waals surface area (Å²) in [4.78, 5) is 23.6. The van der Waals surface area contributed by atoms with E-state index in [1.807, 2.05) is 30.9 Å². The minimum Gasteiger partial charge on any atom is -0.465 e. The molecule has 0 radical (unpaired) electrons. The summed E-state index contributed by atoms with van der Waals surface area (Å²) in [6, 6.07) is 5.41. The standard InChI is InChI=1S/C19H20N6O2S/c1-12-20-15(11-17(21-12)22-19-24-23-13(2)28-19)16-6-3-9-25(16)18(26)8-7-14-5-4-10-27-14/h4-5,7-8,10-11,16H,3,6,9H2,1-2H3,(H,20,21,22,24)/b8-7+. The van der Waals surface area contributed by atoms with Crippen molar-refractivity contribution in [1.29, 1.82) is 0 Å². The molecule has 4 heterocycles. The summed E-state index contributed by atoms with van der Waals surface area (Å²) in [5, 5.41) is 12.8. The van der Waals surface area contributed by atoms with Crippen LogP contribution in [0.5, 0.6) is 0 Å². The number of hydrogen-bond acceptors (Lipinski definition) is 8. The van der Waals surface area contributed by atoms with Crippen molar-refractivity contribution in [3.05, 3.63) is 52.8 Å². The van der Waals surface area contributed by atoms with Crippen LogP contribution in [0.15, 0.2) is 35.0 Å². The largest absolute Gasteiger partial charge is 0.465 e. The number of carbonyl (C=O) groups is 1. The van der Waals surface area contributed by atoms with Gasteiger partial charge in [-0.15, -0.1) is 10.2 Å². The summed E-state index contributed by atoms with van der Waals surface area (Å²) in [6.45, 7) is 4.45. The van der Waals surface area contributed by atoms with E-state index in [-0.39, 0.29) is 11.9 Å². The van der Waals surface area contributed by atoms with Crippen molar-refractivity contribution in [2.24, 2.45) is 0 Å². The van der Waals surface area contributed by atoms with Crippen LogP contribution in [0, 0.1) is 13.8 Å². The Morgan fingerprint density at radius 3 is 3.00 bits per heavy atom. The normalized spacial score (nSPS) is 16.8. The Kier molecular flexibility index (Phi) is 5.16. The van der Waals surface area contributed by atoms with E-state index in [1.165, 1.54) is 11.3 Å². The zero-order valence-electron chi connectivity index (χ0n) is 15.6. The number of nitrogens with one attached hydrogen (secondary N) is 1.